The van der Waals surface area contributed by atoms with Crippen LogP contribution >= 0.6 is 11.3 Å². The molecular formula is C48H30N2S. The molecule has 0 unspecified atom stereocenters. The van der Waals surface area contributed by atoms with Crippen molar-refractivity contribution in [2.75, 3.05) is 0 Å². The molecule has 0 fully saturated rings. The van der Waals surface area contributed by atoms with Gasteiger partial charge in [0.1, 0.15) is 0 Å². The smallest absolute Gasteiger partial charge is 0.0548 e. The van der Waals surface area contributed by atoms with Gasteiger partial charge in [-0.25, -0.2) is 0 Å². The third-order valence-corrected chi connectivity index (χ3v) is 11.8. The minimum Gasteiger partial charge on any atom is -0.309 e. The first-order valence-corrected chi connectivity index (χ1v) is 18.3. The van der Waals surface area contributed by atoms with Gasteiger partial charge in [-0.05, 0) is 76.9 Å². The largest absolute Gasteiger partial charge is 0.309 e. The van der Waals surface area contributed by atoms with E-state index in [1.165, 1.54) is 86.0 Å². The Balaban J connectivity index is 1.10. The average Bonchev–Trinajstić information content (AvgIpc) is 3.85. The molecule has 3 heteroatoms. The number of thiophene rings is 1. The molecule has 0 aliphatic carbocycles. The van der Waals surface area contributed by atoms with E-state index in [-0.39, 0.29) is 0 Å². The van der Waals surface area contributed by atoms with Crippen molar-refractivity contribution < 1.29 is 0 Å². The second kappa shape index (κ2) is 11.0. The predicted octanol–water partition coefficient (Wildman–Crippen LogP) is 13.6. The van der Waals surface area contributed by atoms with Gasteiger partial charge in [0.25, 0.3) is 0 Å². The molecular weight excluding hydrogens is 637 g/mol. The van der Waals surface area contributed by atoms with E-state index in [9.17, 15) is 0 Å². The lowest BCUT2D eigenvalue weighted by Crippen LogP contribution is -1.95. The molecule has 11 rings (SSSR count). The van der Waals surface area contributed by atoms with Gasteiger partial charge in [0, 0.05) is 53.1 Å². The molecule has 51 heavy (non-hydrogen) atoms. The van der Waals surface area contributed by atoms with Crippen LogP contribution in [0.25, 0.3) is 97.4 Å². The molecule has 0 atom stereocenters. The van der Waals surface area contributed by atoms with E-state index in [2.05, 4.69) is 191 Å². The molecule has 0 aliphatic heterocycles. The van der Waals surface area contributed by atoms with Crippen LogP contribution in [0.5, 0.6) is 0 Å². The molecule has 8 aromatic carbocycles. The molecule has 3 heterocycles. The van der Waals surface area contributed by atoms with Crippen LogP contribution in [0.1, 0.15) is 0 Å². The number of nitrogens with zero attached hydrogens (tertiary/aromatic N) is 2. The zero-order valence-corrected chi connectivity index (χ0v) is 28.4. The number of fused-ring (bicyclic) bond motifs is 9. The van der Waals surface area contributed by atoms with Gasteiger partial charge in [0.15, 0.2) is 0 Å². The summed E-state index contributed by atoms with van der Waals surface area (Å²) in [6.07, 6.45) is 0. The summed E-state index contributed by atoms with van der Waals surface area (Å²) in [6, 6.07) is 66.6. The van der Waals surface area contributed by atoms with Crippen LogP contribution in [-0.4, -0.2) is 9.13 Å². The van der Waals surface area contributed by atoms with E-state index >= 15 is 0 Å². The Morgan fingerprint density at radius 1 is 0.314 bits per heavy atom. The first kappa shape index (κ1) is 28.4. The molecule has 0 saturated heterocycles. The van der Waals surface area contributed by atoms with Gasteiger partial charge in [0.2, 0.25) is 0 Å². The highest BCUT2D eigenvalue weighted by atomic mass is 32.1. The lowest BCUT2D eigenvalue weighted by atomic mass is 10.0. The Morgan fingerprint density at radius 3 is 1.43 bits per heavy atom. The van der Waals surface area contributed by atoms with Crippen molar-refractivity contribution in [3.05, 3.63) is 182 Å². The van der Waals surface area contributed by atoms with Crippen molar-refractivity contribution in [3.8, 4) is 33.6 Å². The Kier molecular flexibility index (Phi) is 6.16. The van der Waals surface area contributed by atoms with Crippen molar-refractivity contribution in [3.63, 3.8) is 0 Å². The third kappa shape index (κ3) is 4.29. The quantitative estimate of drug-likeness (QED) is 0.177. The van der Waals surface area contributed by atoms with Gasteiger partial charge in [0.05, 0.1) is 22.1 Å². The second-order valence-corrected chi connectivity index (χ2v) is 14.4. The Labute approximate surface area is 298 Å². The summed E-state index contributed by atoms with van der Waals surface area (Å²) in [5, 5.41) is 7.67. The highest BCUT2D eigenvalue weighted by Crippen LogP contribution is 2.42. The van der Waals surface area contributed by atoms with E-state index in [1.807, 2.05) is 11.3 Å². The van der Waals surface area contributed by atoms with E-state index < -0.39 is 0 Å². The Morgan fingerprint density at radius 2 is 0.804 bits per heavy atom. The normalized spacial score (nSPS) is 11.9. The molecule has 3 aromatic heterocycles. The van der Waals surface area contributed by atoms with Gasteiger partial charge < -0.3 is 9.13 Å². The topological polar surface area (TPSA) is 9.86 Å². The number of hydrogen-bond donors (Lipinski definition) is 0. The van der Waals surface area contributed by atoms with Gasteiger partial charge in [-0.1, -0.05) is 127 Å². The Hall–Kier alpha value is -6.42. The van der Waals surface area contributed by atoms with Crippen LogP contribution in [0.3, 0.4) is 0 Å². The zero-order valence-electron chi connectivity index (χ0n) is 27.6. The number of hydrogen-bond acceptors (Lipinski definition) is 1. The summed E-state index contributed by atoms with van der Waals surface area (Å²) in [7, 11) is 0. The van der Waals surface area contributed by atoms with E-state index in [4.69, 9.17) is 0 Å². The van der Waals surface area contributed by atoms with Crippen LogP contribution in [0.2, 0.25) is 0 Å². The summed E-state index contributed by atoms with van der Waals surface area (Å²) in [6.45, 7) is 0. The van der Waals surface area contributed by atoms with Crippen LogP contribution in [0.15, 0.2) is 182 Å². The second-order valence-electron chi connectivity index (χ2n) is 13.3. The van der Waals surface area contributed by atoms with Crippen LogP contribution in [-0.2, 0) is 0 Å². The van der Waals surface area contributed by atoms with E-state index in [1.54, 1.807) is 0 Å². The molecule has 0 radical (unpaired) electrons. The molecule has 0 spiro atoms. The highest BCUT2D eigenvalue weighted by Gasteiger charge is 2.19. The minimum absolute atomic E-state index is 1.16. The fourth-order valence-electron chi connectivity index (χ4n) is 8.19. The summed E-state index contributed by atoms with van der Waals surface area (Å²) >= 11 is 1.88. The van der Waals surface area contributed by atoms with Crippen molar-refractivity contribution in [2.45, 2.75) is 0 Å². The van der Waals surface area contributed by atoms with Gasteiger partial charge >= 0.3 is 0 Å². The van der Waals surface area contributed by atoms with Gasteiger partial charge in [-0.2, -0.15) is 0 Å². The van der Waals surface area contributed by atoms with Crippen molar-refractivity contribution in [1.82, 2.24) is 9.13 Å². The minimum atomic E-state index is 1.16. The number of rotatable bonds is 4. The standard InChI is InChI=1S/C48H30N2S/c1-2-11-31(12-3-1)32-21-25-34(26-22-32)49-43-18-7-4-13-37(43)41-30-46-42(29-45(41)49)38-14-5-8-19-44(38)50(46)35-27-23-33(24-28-35)36-16-10-17-40-39-15-6-9-20-47(39)51-48(36)40/h1-30H. The summed E-state index contributed by atoms with van der Waals surface area (Å²) in [5.74, 6) is 0. The summed E-state index contributed by atoms with van der Waals surface area (Å²) in [4.78, 5) is 0. The highest BCUT2D eigenvalue weighted by molar-refractivity contribution is 7.26. The zero-order chi connectivity index (χ0) is 33.5. The van der Waals surface area contributed by atoms with Gasteiger partial charge in [-0.15, -0.1) is 11.3 Å². The molecule has 0 N–H and O–H groups in total. The fourth-order valence-corrected chi connectivity index (χ4v) is 9.42. The number of benzene rings is 8. The SMILES string of the molecule is c1ccc(-c2ccc(-n3c4ccccc4c4cc5c(cc43)c3ccccc3n5-c3ccc(-c4cccc5c4sc4ccccc45)cc3)cc2)cc1. The molecule has 0 saturated carbocycles. The number of para-hydroxylation sites is 2. The maximum atomic E-state index is 2.44. The summed E-state index contributed by atoms with van der Waals surface area (Å²) < 4.78 is 7.54. The lowest BCUT2D eigenvalue weighted by molar-refractivity contribution is 1.17. The molecule has 2 nitrogen and oxygen atoms in total. The molecule has 11 aromatic rings. The van der Waals surface area contributed by atoms with Crippen molar-refractivity contribution in [2.24, 2.45) is 0 Å². The first-order valence-electron chi connectivity index (χ1n) is 17.4. The molecule has 0 aliphatic rings. The molecule has 238 valence electrons. The van der Waals surface area contributed by atoms with Crippen molar-refractivity contribution in [1.29, 1.82) is 0 Å². The van der Waals surface area contributed by atoms with Crippen molar-refractivity contribution >= 4 is 75.1 Å². The maximum absolute atomic E-state index is 2.44. The monoisotopic (exact) mass is 666 g/mol. The van der Waals surface area contributed by atoms with Crippen LogP contribution in [0.4, 0.5) is 0 Å². The predicted molar refractivity (Wildman–Crippen MR) is 219 cm³/mol. The average molecular weight is 667 g/mol. The summed E-state index contributed by atoms with van der Waals surface area (Å²) in [5.41, 5.74) is 12.1. The lowest BCUT2D eigenvalue weighted by Gasteiger charge is -2.11. The third-order valence-electron chi connectivity index (χ3n) is 10.5. The van der Waals surface area contributed by atoms with Gasteiger partial charge in [-0.3, -0.25) is 0 Å². The Bertz CT molecular complexity index is 3100. The van der Waals surface area contributed by atoms with E-state index in [0.717, 1.165) is 11.4 Å². The first-order chi connectivity index (χ1) is 25.3. The fraction of sp³-hybridized carbons (Fsp3) is 0. The molecule has 0 amide bonds. The number of aromatic nitrogens is 2. The maximum Gasteiger partial charge on any atom is 0.0548 e. The van der Waals surface area contributed by atoms with Crippen LogP contribution < -0.4 is 0 Å². The van der Waals surface area contributed by atoms with Crippen LogP contribution in [0, 0.1) is 0 Å². The van der Waals surface area contributed by atoms with E-state index in [0.29, 0.717) is 0 Å². The molecule has 0 bridgehead atoms.